The van der Waals surface area contributed by atoms with Gasteiger partial charge < -0.3 is 20.4 Å². The van der Waals surface area contributed by atoms with Gasteiger partial charge in [0, 0.05) is 7.05 Å². The Bertz CT molecular complexity index is 1330. The van der Waals surface area contributed by atoms with Gasteiger partial charge in [0.1, 0.15) is 0 Å². The van der Waals surface area contributed by atoms with Gasteiger partial charge in [0.05, 0.1) is 32.4 Å². The fourth-order valence-corrected chi connectivity index (χ4v) is 3.81. The van der Waals surface area contributed by atoms with E-state index in [-0.39, 0.29) is 5.56 Å². The van der Waals surface area contributed by atoms with Crippen molar-refractivity contribution in [1.82, 2.24) is 14.5 Å². The van der Waals surface area contributed by atoms with Crippen LogP contribution >= 0.6 is 11.3 Å². The second kappa shape index (κ2) is 7.54. The summed E-state index contributed by atoms with van der Waals surface area (Å²) < 4.78 is 45.6. The van der Waals surface area contributed by atoms with E-state index in [1.165, 1.54) is 18.2 Å². The number of nitrogens with one attached hydrogen (secondary N) is 1. The van der Waals surface area contributed by atoms with Crippen molar-refractivity contribution in [2.24, 2.45) is 12.8 Å². The number of fused-ring (bicyclic) bond motifs is 2. The molecule has 0 bridgehead atoms. The lowest BCUT2D eigenvalue weighted by molar-refractivity contribution is -0.137. The van der Waals surface area contributed by atoms with Gasteiger partial charge in [-0.25, -0.2) is 14.8 Å². The lowest BCUT2D eigenvalue weighted by Crippen LogP contribution is -2.20. The summed E-state index contributed by atoms with van der Waals surface area (Å²) in [5, 5.41) is 3.37. The highest BCUT2D eigenvalue weighted by atomic mass is 32.1. The van der Waals surface area contributed by atoms with Crippen molar-refractivity contribution < 1.29 is 27.5 Å². The van der Waals surface area contributed by atoms with Crippen molar-refractivity contribution >= 4 is 55.5 Å². The second-order valence-corrected chi connectivity index (χ2v) is 7.60. The van der Waals surface area contributed by atoms with Crippen LogP contribution in [0.2, 0.25) is 0 Å². The number of amides is 1. The van der Waals surface area contributed by atoms with E-state index in [1.807, 2.05) is 0 Å². The van der Waals surface area contributed by atoms with Crippen LogP contribution in [0.3, 0.4) is 0 Å². The van der Waals surface area contributed by atoms with Gasteiger partial charge in [-0.15, -0.1) is 0 Å². The lowest BCUT2D eigenvalue weighted by Gasteiger charge is -2.04. The number of anilines is 2. The Morgan fingerprint density at radius 1 is 1.16 bits per heavy atom. The molecule has 0 spiro atoms. The fraction of sp³-hybridized carbons (Fsp3) is 0.158. The summed E-state index contributed by atoms with van der Waals surface area (Å²) in [6, 6.07) is 8.03. The third-order valence-electron chi connectivity index (χ3n) is 4.40. The van der Waals surface area contributed by atoms with Crippen molar-refractivity contribution in [3.05, 3.63) is 47.5 Å². The standard InChI is InChI=1S/C19H14F3N5O3S/c1-27-13-5-2-9(16(29)30-8-15(23)28)6-12(13)24-17(27)26-18-25-11-4-3-10(19(20,21)22)7-14(11)31-18/h2-7H,8H2,1H3,(H2,23,28)(H,24,25,26). The largest absolute Gasteiger partial charge is 0.452 e. The Morgan fingerprint density at radius 3 is 2.65 bits per heavy atom. The van der Waals surface area contributed by atoms with Crippen molar-refractivity contribution in [3.63, 3.8) is 0 Å². The van der Waals surface area contributed by atoms with E-state index >= 15 is 0 Å². The van der Waals surface area contributed by atoms with Crippen LogP contribution in [0, 0.1) is 0 Å². The average molecular weight is 449 g/mol. The van der Waals surface area contributed by atoms with Gasteiger partial charge in [0.25, 0.3) is 5.91 Å². The predicted octanol–water partition coefficient (Wildman–Crippen LogP) is 3.59. The van der Waals surface area contributed by atoms with Gasteiger partial charge >= 0.3 is 12.1 Å². The number of hydrogen-bond acceptors (Lipinski definition) is 7. The summed E-state index contributed by atoms with van der Waals surface area (Å²) in [6.07, 6.45) is -4.43. The molecule has 3 N–H and O–H groups in total. The Balaban J connectivity index is 1.61. The second-order valence-electron chi connectivity index (χ2n) is 6.56. The van der Waals surface area contributed by atoms with E-state index in [0.717, 1.165) is 23.5 Å². The molecule has 0 aliphatic heterocycles. The number of nitrogens with two attached hydrogens (primary N) is 1. The molecule has 0 saturated heterocycles. The number of imidazole rings is 1. The van der Waals surface area contributed by atoms with Crippen LogP contribution < -0.4 is 11.1 Å². The summed E-state index contributed by atoms with van der Waals surface area (Å²) in [7, 11) is 1.73. The Morgan fingerprint density at radius 2 is 1.94 bits per heavy atom. The van der Waals surface area contributed by atoms with E-state index in [2.05, 4.69) is 15.3 Å². The molecular weight excluding hydrogens is 435 g/mol. The van der Waals surface area contributed by atoms with Gasteiger partial charge in [-0.3, -0.25) is 4.79 Å². The number of nitrogens with zero attached hydrogens (tertiary/aromatic N) is 3. The molecule has 2 heterocycles. The SMILES string of the molecule is Cn1c(Nc2nc3ccc(C(F)(F)F)cc3s2)nc2cc(C(=O)OCC(N)=O)ccc21. The average Bonchev–Trinajstić information content (AvgIpc) is 3.25. The van der Waals surface area contributed by atoms with Crippen LogP contribution in [0.25, 0.3) is 21.3 Å². The summed E-state index contributed by atoms with van der Waals surface area (Å²) in [5.74, 6) is -1.10. The number of aryl methyl sites for hydroxylation is 1. The fourth-order valence-electron chi connectivity index (χ4n) is 2.91. The zero-order valence-electron chi connectivity index (χ0n) is 15.9. The molecule has 0 radical (unpaired) electrons. The molecule has 4 aromatic rings. The molecule has 0 atom stereocenters. The predicted molar refractivity (Wildman–Crippen MR) is 108 cm³/mol. The Labute approximate surface area is 176 Å². The number of halogens is 3. The third kappa shape index (κ3) is 4.14. The molecule has 12 heteroatoms. The molecule has 2 aromatic carbocycles. The first kappa shape index (κ1) is 20.6. The first-order chi connectivity index (χ1) is 14.6. The van der Waals surface area contributed by atoms with E-state index in [0.29, 0.717) is 32.3 Å². The van der Waals surface area contributed by atoms with Crippen molar-refractivity contribution in [2.45, 2.75) is 6.18 Å². The molecule has 0 aliphatic carbocycles. The highest BCUT2D eigenvalue weighted by Gasteiger charge is 2.30. The molecular formula is C19H14F3N5O3S. The summed E-state index contributed by atoms with van der Waals surface area (Å²) in [6.45, 7) is -0.528. The Kier molecular flexibility index (Phi) is 5.01. The van der Waals surface area contributed by atoms with Crippen LogP contribution in [-0.4, -0.2) is 33.0 Å². The van der Waals surface area contributed by atoms with Gasteiger partial charge in [0.15, 0.2) is 11.7 Å². The van der Waals surface area contributed by atoms with Gasteiger partial charge in [-0.05, 0) is 36.4 Å². The maximum Gasteiger partial charge on any atom is 0.416 e. The van der Waals surface area contributed by atoms with E-state index in [1.54, 1.807) is 17.7 Å². The quantitative estimate of drug-likeness (QED) is 0.451. The van der Waals surface area contributed by atoms with Crippen LogP contribution in [0.5, 0.6) is 0 Å². The molecule has 0 unspecified atom stereocenters. The first-order valence-electron chi connectivity index (χ1n) is 8.78. The molecule has 8 nitrogen and oxygen atoms in total. The minimum absolute atomic E-state index is 0.193. The summed E-state index contributed by atoms with van der Waals surface area (Å²) in [5.41, 5.74) is 6.00. The number of rotatable bonds is 5. The van der Waals surface area contributed by atoms with Crippen LogP contribution in [0.15, 0.2) is 36.4 Å². The van der Waals surface area contributed by atoms with Gasteiger partial charge in [-0.1, -0.05) is 11.3 Å². The normalized spacial score (nSPS) is 11.7. The highest BCUT2D eigenvalue weighted by Crippen LogP contribution is 2.35. The van der Waals surface area contributed by atoms with E-state index < -0.39 is 30.2 Å². The zero-order valence-corrected chi connectivity index (χ0v) is 16.7. The topological polar surface area (TPSA) is 112 Å². The molecule has 31 heavy (non-hydrogen) atoms. The van der Waals surface area contributed by atoms with Crippen LogP contribution in [-0.2, 0) is 22.8 Å². The maximum absolute atomic E-state index is 12.9. The van der Waals surface area contributed by atoms with Crippen molar-refractivity contribution in [1.29, 1.82) is 0 Å². The summed E-state index contributed by atoms with van der Waals surface area (Å²) in [4.78, 5) is 31.5. The van der Waals surface area contributed by atoms with Gasteiger partial charge in [-0.2, -0.15) is 13.2 Å². The number of esters is 1. The zero-order chi connectivity index (χ0) is 22.3. The number of alkyl halides is 3. The number of carbonyl (C=O) groups excluding carboxylic acids is 2. The molecule has 0 aliphatic rings. The number of carbonyl (C=O) groups is 2. The lowest BCUT2D eigenvalue weighted by atomic mass is 10.2. The Hall–Kier alpha value is -3.67. The molecule has 2 aromatic heterocycles. The first-order valence-corrected chi connectivity index (χ1v) is 9.60. The molecule has 4 rings (SSSR count). The van der Waals surface area contributed by atoms with E-state index in [4.69, 9.17) is 10.5 Å². The van der Waals surface area contributed by atoms with E-state index in [9.17, 15) is 22.8 Å². The molecule has 0 fully saturated rings. The molecule has 0 saturated carbocycles. The minimum Gasteiger partial charge on any atom is -0.452 e. The number of hydrogen-bond donors (Lipinski definition) is 2. The smallest absolute Gasteiger partial charge is 0.416 e. The minimum atomic E-state index is -4.43. The third-order valence-corrected chi connectivity index (χ3v) is 5.33. The van der Waals surface area contributed by atoms with Gasteiger partial charge in [0.2, 0.25) is 5.95 Å². The number of aromatic nitrogens is 3. The van der Waals surface area contributed by atoms with Crippen LogP contribution in [0.4, 0.5) is 24.3 Å². The molecule has 160 valence electrons. The van der Waals surface area contributed by atoms with Crippen molar-refractivity contribution in [3.8, 4) is 0 Å². The monoisotopic (exact) mass is 449 g/mol. The number of ether oxygens (including phenoxy) is 1. The highest BCUT2D eigenvalue weighted by molar-refractivity contribution is 7.22. The summed E-state index contributed by atoms with van der Waals surface area (Å²) >= 11 is 1.06. The number of benzene rings is 2. The van der Waals surface area contributed by atoms with Crippen molar-refractivity contribution in [2.75, 3.05) is 11.9 Å². The maximum atomic E-state index is 12.9. The van der Waals surface area contributed by atoms with Crippen LogP contribution in [0.1, 0.15) is 15.9 Å². The number of primary amides is 1. The number of thiazole rings is 1. The molecule has 1 amide bonds.